The van der Waals surface area contributed by atoms with Crippen LogP contribution in [0.15, 0.2) is 0 Å². The van der Waals surface area contributed by atoms with Gasteiger partial charge in [-0.05, 0) is 19.3 Å². The summed E-state index contributed by atoms with van der Waals surface area (Å²) in [6.45, 7) is 1.99. The van der Waals surface area contributed by atoms with E-state index in [1.807, 2.05) is 6.92 Å². The van der Waals surface area contributed by atoms with E-state index < -0.39 is 0 Å². The Labute approximate surface area is 79.7 Å². The third kappa shape index (κ3) is 3.29. The number of carbonyl (C=O) groups is 2. The van der Waals surface area contributed by atoms with Crippen LogP contribution in [0.2, 0.25) is 0 Å². The Morgan fingerprint density at radius 2 is 1.85 bits per heavy atom. The Morgan fingerprint density at radius 3 is 2.54 bits per heavy atom. The number of ketones is 2. The van der Waals surface area contributed by atoms with E-state index in [-0.39, 0.29) is 11.7 Å². The van der Waals surface area contributed by atoms with Crippen LogP contribution in [0.5, 0.6) is 0 Å². The second-order valence-electron chi connectivity index (χ2n) is 3.87. The van der Waals surface area contributed by atoms with E-state index in [0.717, 1.165) is 25.7 Å². The molecule has 1 rings (SSSR count). The first kappa shape index (κ1) is 10.4. The summed E-state index contributed by atoms with van der Waals surface area (Å²) >= 11 is 0. The molecule has 0 aromatic heterocycles. The Bertz CT molecular complexity index is 196. The summed E-state index contributed by atoms with van der Waals surface area (Å²) in [4.78, 5) is 22.9. The van der Waals surface area contributed by atoms with Gasteiger partial charge in [-0.1, -0.05) is 13.3 Å². The Kier molecular flexibility index (Phi) is 4.13. The van der Waals surface area contributed by atoms with Crippen molar-refractivity contribution in [3.63, 3.8) is 0 Å². The number of Topliss-reactive ketones (excluding diaryl/α,β-unsaturated/α-hetero) is 2. The van der Waals surface area contributed by atoms with Gasteiger partial charge in [-0.15, -0.1) is 0 Å². The summed E-state index contributed by atoms with van der Waals surface area (Å²) in [5.74, 6) is 0.602. The summed E-state index contributed by atoms with van der Waals surface area (Å²) in [5, 5.41) is 0. The van der Waals surface area contributed by atoms with Crippen LogP contribution in [0, 0.1) is 5.92 Å². The standard InChI is InChI=1S/C11H18O2/c1-2-9-8-10(12)6-4-3-5-7-11(9)13/h9H,2-8H2,1H3. The van der Waals surface area contributed by atoms with Crippen LogP contribution >= 0.6 is 0 Å². The molecule has 0 aromatic carbocycles. The van der Waals surface area contributed by atoms with Crippen molar-refractivity contribution in [2.24, 2.45) is 5.92 Å². The largest absolute Gasteiger partial charge is 0.300 e. The maximum absolute atomic E-state index is 11.5. The second kappa shape index (κ2) is 5.15. The molecule has 1 fully saturated rings. The van der Waals surface area contributed by atoms with Gasteiger partial charge in [0.1, 0.15) is 11.6 Å². The summed E-state index contributed by atoms with van der Waals surface area (Å²) in [6, 6.07) is 0. The van der Waals surface area contributed by atoms with Gasteiger partial charge in [0.05, 0.1) is 0 Å². The Morgan fingerprint density at radius 1 is 1.15 bits per heavy atom. The maximum atomic E-state index is 11.5. The zero-order valence-electron chi connectivity index (χ0n) is 8.34. The van der Waals surface area contributed by atoms with E-state index in [4.69, 9.17) is 0 Å². The molecule has 0 heterocycles. The first-order valence-electron chi connectivity index (χ1n) is 5.28. The molecule has 0 amide bonds. The van der Waals surface area contributed by atoms with Gasteiger partial charge in [-0.25, -0.2) is 0 Å². The molecular weight excluding hydrogens is 164 g/mol. The second-order valence-corrected chi connectivity index (χ2v) is 3.87. The Hall–Kier alpha value is -0.660. The lowest BCUT2D eigenvalue weighted by molar-refractivity contribution is -0.127. The van der Waals surface area contributed by atoms with Gasteiger partial charge in [0.2, 0.25) is 0 Å². The minimum Gasteiger partial charge on any atom is -0.300 e. The fourth-order valence-electron chi connectivity index (χ4n) is 1.87. The number of hydrogen-bond donors (Lipinski definition) is 0. The molecule has 2 heteroatoms. The highest BCUT2D eigenvalue weighted by Gasteiger charge is 2.20. The van der Waals surface area contributed by atoms with Crippen molar-refractivity contribution in [3.05, 3.63) is 0 Å². The van der Waals surface area contributed by atoms with Crippen LogP contribution < -0.4 is 0 Å². The van der Waals surface area contributed by atoms with Gasteiger partial charge in [0.15, 0.2) is 0 Å². The van der Waals surface area contributed by atoms with Crippen molar-refractivity contribution in [2.45, 2.75) is 51.9 Å². The topological polar surface area (TPSA) is 34.1 Å². The average molecular weight is 182 g/mol. The first-order valence-corrected chi connectivity index (χ1v) is 5.28. The summed E-state index contributed by atoms with van der Waals surface area (Å²) in [6.07, 6.45) is 5.68. The van der Waals surface area contributed by atoms with E-state index in [0.29, 0.717) is 25.0 Å². The van der Waals surface area contributed by atoms with Crippen LogP contribution in [0.25, 0.3) is 0 Å². The van der Waals surface area contributed by atoms with Crippen molar-refractivity contribution in [3.8, 4) is 0 Å². The molecule has 0 saturated heterocycles. The number of rotatable bonds is 1. The van der Waals surface area contributed by atoms with Gasteiger partial charge in [-0.2, -0.15) is 0 Å². The molecule has 0 bridgehead atoms. The van der Waals surface area contributed by atoms with Crippen molar-refractivity contribution in [1.82, 2.24) is 0 Å². The van der Waals surface area contributed by atoms with E-state index in [9.17, 15) is 9.59 Å². The molecule has 0 radical (unpaired) electrons. The molecule has 2 nitrogen and oxygen atoms in total. The monoisotopic (exact) mass is 182 g/mol. The molecule has 1 atom stereocenters. The number of hydrogen-bond acceptors (Lipinski definition) is 2. The van der Waals surface area contributed by atoms with Crippen LogP contribution in [-0.2, 0) is 9.59 Å². The minimum absolute atomic E-state index is 0.0191. The predicted octanol–water partition coefficient (Wildman–Crippen LogP) is 2.51. The van der Waals surface area contributed by atoms with Gasteiger partial charge in [-0.3, -0.25) is 9.59 Å². The predicted molar refractivity (Wildman–Crippen MR) is 51.5 cm³/mol. The van der Waals surface area contributed by atoms with E-state index in [1.54, 1.807) is 0 Å². The molecule has 1 unspecified atom stereocenters. The molecule has 0 N–H and O–H groups in total. The molecule has 13 heavy (non-hydrogen) atoms. The molecule has 0 spiro atoms. The lowest BCUT2D eigenvalue weighted by atomic mass is 9.93. The quantitative estimate of drug-likeness (QED) is 0.624. The lowest BCUT2D eigenvalue weighted by Gasteiger charge is -2.10. The van der Waals surface area contributed by atoms with Gasteiger partial charge in [0, 0.05) is 25.2 Å². The molecular formula is C11H18O2. The maximum Gasteiger partial charge on any atom is 0.136 e. The third-order valence-corrected chi connectivity index (χ3v) is 2.80. The molecule has 74 valence electrons. The van der Waals surface area contributed by atoms with Crippen LogP contribution in [0.1, 0.15) is 51.9 Å². The zero-order chi connectivity index (χ0) is 9.68. The van der Waals surface area contributed by atoms with Gasteiger partial charge >= 0.3 is 0 Å². The fraction of sp³-hybridized carbons (Fsp3) is 0.818. The highest BCUT2D eigenvalue weighted by molar-refractivity contribution is 5.88. The highest BCUT2D eigenvalue weighted by Crippen LogP contribution is 2.19. The normalized spacial score (nSPS) is 26.4. The highest BCUT2D eigenvalue weighted by atomic mass is 16.1. The smallest absolute Gasteiger partial charge is 0.136 e. The SMILES string of the molecule is CCC1CC(=O)CCCCCC1=O. The minimum atomic E-state index is 0.0191. The summed E-state index contributed by atoms with van der Waals surface area (Å²) in [5.41, 5.74) is 0. The number of carbonyl (C=O) groups excluding carboxylic acids is 2. The van der Waals surface area contributed by atoms with Crippen LogP contribution in [-0.4, -0.2) is 11.6 Å². The first-order chi connectivity index (χ1) is 6.24. The fourth-order valence-corrected chi connectivity index (χ4v) is 1.87. The third-order valence-electron chi connectivity index (χ3n) is 2.80. The molecule has 0 aromatic rings. The van der Waals surface area contributed by atoms with Crippen molar-refractivity contribution < 1.29 is 9.59 Å². The van der Waals surface area contributed by atoms with Gasteiger partial charge < -0.3 is 0 Å². The summed E-state index contributed by atoms with van der Waals surface area (Å²) in [7, 11) is 0. The summed E-state index contributed by atoms with van der Waals surface area (Å²) < 4.78 is 0. The zero-order valence-corrected chi connectivity index (χ0v) is 8.34. The van der Waals surface area contributed by atoms with E-state index in [1.165, 1.54) is 0 Å². The van der Waals surface area contributed by atoms with Crippen LogP contribution in [0.3, 0.4) is 0 Å². The molecule has 0 aliphatic heterocycles. The molecule has 1 aliphatic rings. The van der Waals surface area contributed by atoms with E-state index in [2.05, 4.69) is 0 Å². The van der Waals surface area contributed by atoms with E-state index >= 15 is 0 Å². The van der Waals surface area contributed by atoms with Crippen LogP contribution in [0.4, 0.5) is 0 Å². The van der Waals surface area contributed by atoms with Crippen molar-refractivity contribution >= 4 is 11.6 Å². The Balaban J connectivity index is 2.57. The molecule has 1 aliphatic carbocycles. The van der Waals surface area contributed by atoms with Gasteiger partial charge in [0.25, 0.3) is 0 Å². The van der Waals surface area contributed by atoms with Crippen molar-refractivity contribution in [1.29, 1.82) is 0 Å². The lowest BCUT2D eigenvalue weighted by Crippen LogP contribution is -2.16. The molecule has 1 saturated carbocycles. The average Bonchev–Trinajstić information content (AvgIpc) is 2.19. The van der Waals surface area contributed by atoms with Crippen molar-refractivity contribution in [2.75, 3.05) is 0 Å².